The summed E-state index contributed by atoms with van der Waals surface area (Å²) in [6, 6.07) is 8.20. The van der Waals surface area contributed by atoms with Crippen LogP contribution in [0.3, 0.4) is 0 Å². The molecule has 2 heterocycles. The molecule has 0 radical (unpaired) electrons. The summed E-state index contributed by atoms with van der Waals surface area (Å²) in [5.41, 5.74) is 15.4. The van der Waals surface area contributed by atoms with Crippen LogP contribution in [0, 0.1) is 5.92 Å². The number of amides is 2. The molecule has 1 aromatic carbocycles. The van der Waals surface area contributed by atoms with Crippen molar-refractivity contribution in [2.75, 3.05) is 6.54 Å². The summed E-state index contributed by atoms with van der Waals surface area (Å²) in [5, 5.41) is 0. The second-order valence-electron chi connectivity index (χ2n) is 10.5. The van der Waals surface area contributed by atoms with Gasteiger partial charge in [0.25, 0.3) is 0 Å². The van der Waals surface area contributed by atoms with Crippen molar-refractivity contribution in [3.05, 3.63) is 52.6 Å². The number of carbonyl (C=O) groups is 2. The molecule has 1 atom stereocenters. The first-order chi connectivity index (χ1) is 16.8. The highest BCUT2D eigenvalue weighted by Gasteiger charge is 2.51. The molecule has 35 heavy (non-hydrogen) atoms. The minimum atomic E-state index is -0.423. The molecule has 0 saturated heterocycles. The minimum absolute atomic E-state index is 0.0109. The van der Waals surface area contributed by atoms with Gasteiger partial charge in [0, 0.05) is 11.5 Å². The monoisotopic (exact) mass is 476 g/mol. The molecular formula is C28H36N4O3. The Morgan fingerprint density at radius 1 is 1.20 bits per heavy atom. The van der Waals surface area contributed by atoms with E-state index in [0.717, 1.165) is 68.3 Å². The number of nitrogens with two attached hydrogens (primary N) is 2. The molecule has 0 bridgehead atoms. The van der Waals surface area contributed by atoms with Crippen molar-refractivity contribution >= 4 is 17.8 Å². The van der Waals surface area contributed by atoms with Crippen LogP contribution in [-0.2, 0) is 16.0 Å². The molecule has 1 unspecified atom stereocenters. The summed E-state index contributed by atoms with van der Waals surface area (Å²) >= 11 is 0. The second-order valence-corrected chi connectivity index (χ2v) is 10.5. The van der Waals surface area contributed by atoms with E-state index in [0.29, 0.717) is 18.5 Å². The van der Waals surface area contributed by atoms with E-state index < -0.39 is 11.4 Å². The van der Waals surface area contributed by atoms with Gasteiger partial charge in [-0.1, -0.05) is 32.0 Å². The molecule has 4 aliphatic rings. The number of guanidine groups is 1. The molecular weight excluding hydrogens is 440 g/mol. The molecule has 1 fully saturated rings. The van der Waals surface area contributed by atoms with Crippen LogP contribution < -0.4 is 16.2 Å². The third-order valence-corrected chi connectivity index (χ3v) is 8.73. The summed E-state index contributed by atoms with van der Waals surface area (Å²) in [4.78, 5) is 31.9. The zero-order valence-electron chi connectivity index (χ0n) is 20.8. The third-order valence-electron chi connectivity index (χ3n) is 8.73. The van der Waals surface area contributed by atoms with Gasteiger partial charge in [0.2, 0.25) is 11.8 Å². The normalized spacial score (nSPS) is 24.8. The lowest BCUT2D eigenvalue weighted by atomic mass is 9.63. The quantitative estimate of drug-likeness (QED) is 0.651. The topological polar surface area (TPSA) is 111 Å². The van der Waals surface area contributed by atoms with Gasteiger partial charge in [0.1, 0.15) is 11.4 Å². The summed E-state index contributed by atoms with van der Waals surface area (Å²) in [7, 11) is 0. The average Bonchev–Trinajstić information content (AvgIpc) is 2.84. The molecule has 1 spiro atoms. The fraction of sp³-hybridized carbons (Fsp3) is 0.536. The highest BCUT2D eigenvalue weighted by Crippen LogP contribution is 2.52. The van der Waals surface area contributed by atoms with Gasteiger partial charge < -0.3 is 16.2 Å². The van der Waals surface area contributed by atoms with Crippen molar-refractivity contribution in [3.8, 4) is 5.75 Å². The van der Waals surface area contributed by atoms with Gasteiger partial charge in [-0.3, -0.25) is 14.5 Å². The van der Waals surface area contributed by atoms with Crippen molar-refractivity contribution < 1.29 is 14.3 Å². The Kier molecular flexibility index (Phi) is 5.98. The van der Waals surface area contributed by atoms with Gasteiger partial charge in [-0.15, -0.1) is 0 Å². The van der Waals surface area contributed by atoms with Gasteiger partial charge >= 0.3 is 0 Å². The van der Waals surface area contributed by atoms with Crippen molar-refractivity contribution in [1.82, 2.24) is 4.90 Å². The summed E-state index contributed by atoms with van der Waals surface area (Å²) in [6.07, 6.45) is 9.26. The standard InChI is InChI=1S/C28H36N4O3/c1-3-27(4-2)16-24(33)32(26(30)31-27)17-18-10-11-20(21(14-18)25(29)34)22-15-19-8-5-6-9-23(19)35-28(22)12-7-13-28/h5-6,8-9,14,22H,3-4,7,10-13,15-17H2,1-2H3,(H2,29,34)(H2,30,31). The maximum atomic E-state index is 13.0. The van der Waals surface area contributed by atoms with Crippen molar-refractivity contribution in [2.45, 2.75) is 82.8 Å². The molecule has 4 N–H and O–H groups in total. The predicted molar refractivity (Wildman–Crippen MR) is 136 cm³/mol. The smallest absolute Gasteiger partial charge is 0.248 e. The SMILES string of the molecule is CCC1(CC)CC(=O)N(CC2=CC(C(N)=O)=C(C3Cc4ccccc4OC34CCC4)CC2)C(N)=N1. The van der Waals surface area contributed by atoms with Gasteiger partial charge in [-0.25, -0.2) is 4.99 Å². The van der Waals surface area contributed by atoms with E-state index in [4.69, 9.17) is 21.2 Å². The van der Waals surface area contributed by atoms with Gasteiger partial charge in [-0.2, -0.15) is 0 Å². The molecule has 186 valence electrons. The van der Waals surface area contributed by atoms with E-state index in [-0.39, 0.29) is 23.4 Å². The van der Waals surface area contributed by atoms with E-state index >= 15 is 0 Å². The highest BCUT2D eigenvalue weighted by molar-refractivity contribution is 6.00. The van der Waals surface area contributed by atoms with Crippen molar-refractivity contribution in [3.63, 3.8) is 0 Å². The molecule has 2 aliphatic carbocycles. The Balaban J connectivity index is 1.45. The van der Waals surface area contributed by atoms with Gasteiger partial charge in [0.05, 0.1) is 18.5 Å². The lowest BCUT2D eigenvalue weighted by Crippen LogP contribution is -2.54. The number of fused-ring (bicyclic) bond motifs is 1. The number of benzene rings is 1. The van der Waals surface area contributed by atoms with Crippen LogP contribution >= 0.6 is 0 Å². The first kappa shape index (κ1) is 23.6. The largest absolute Gasteiger partial charge is 0.486 e. The molecule has 1 saturated carbocycles. The third kappa shape index (κ3) is 4.05. The van der Waals surface area contributed by atoms with Crippen LogP contribution in [-0.4, -0.2) is 40.4 Å². The maximum absolute atomic E-state index is 13.0. The zero-order valence-corrected chi connectivity index (χ0v) is 20.8. The first-order valence-corrected chi connectivity index (χ1v) is 12.9. The number of carbonyl (C=O) groups excluding carboxylic acids is 2. The number of hydrogen-bond acceptors (Lipinski definition) is 5. The number of nitrogens with zero attached hydrogens (tertiary/aromatic N) is 2. The summed E-state index contributed by atoms with van der Waals surface area (Å²) in [6.45, 7) is 4.43. The van der Waals surface area contributed by atoms with Crippen LogP contribution in [0.15, 0.2) is 52.1 Å². The number of hydrogen-bond donors (Lipinski definition) is 2. The summed E-state index contributed by atoms with van der Waals surface area (Å²) < 4.78 is 6.57. The van der Waals surface area contributed by atoms with E-state index in [1.54, 1.807) is 4.90 Å². The molecule has 0 aromatic heterocycles. The van der Waals surface area contributed by atoms with E-state index in [2.05, 4.69) is 6.07 Å². The molecule has 2 aliphatic heterocycles. The molecule has 7 heteroatoms. The average molecular weight is 477 g/mol. The Morgan fingerprint density at radius 3 is 2.57 bits per heavy atom. The number of aliphatic imine (C=N–C) groups is 1. The lowest BCUT2D eigenvalue weighted by molar-refractivity contribution is -0.129. The Morgan fingerprint density at radius 2 is 1.94 bits per heavy atom. The van der Waals surface area contributed by atoms with Crippen LogP contribution in [0.4, 0.5) is 0 Å². The fourth-order valence-electron chi connectivity index (χ4n) is 6.28. The zero-order chi connectivity index (χ0) is 24.8. The van der Waals surface area contributed by atoms with Gasteiger partial charge in [-0.05, 0) is 80.2 Å². The van der Waals surface area contributed by atoms with Crippen molar-refractivity contribution in [1.29, 1.82) is 0 Å². The number of para-hydroxylation sites is 1. The minimum Gasteiger partial charge on any atom is -0.486 e. The molecule has 1 aromatic rings. The number of rotatable bonds is 6. The van der Waals surface area contributed by atoms with Crippen LogP contribution in [0.5, 0.6) is 5.75 Å². The Labute approximate surface area is 207 Å². The molecule has 2 amide bonds. The van der Waals surface area contributed by atoms with E-state index in [9.17, 15) is 9.59 Å². The van der Waals surface area contributed by atoms with Gasteiger partial charge in [0.15, 0.2) is 5.96 Å². The molecule has 5 rings (SSSR count). The van der Waals surface area contributed by atoms with Crippen LogP contribution in [0.1, 0.15) is 70.8 Å². The van der Waals surface area contributed by atoms with Crippen LogP contribution in [0.25, 0.3) is 0 Å². The molecule has 7 nitrogen and oxygen atoms in total. The fourth-order valence-corrected chi connectivity index (χ4v) is 6.28. The number of ether oxygens (including phenoxy) is 1. The first-order valence-electron chi connectivity index (χ1n) is 12.9. The summed E-state index contributed by atoms with van der Waals surface area (Å²) in [5.74, 6) is 0.929. The van der Waals surface area contributed by atoms with Crippen molar-refractivity contribution in [2.24, 2.45) is 22.4 Å². The Bertz CT molecular complexity index is 1140. The lowest BCUT2D eigenvalue weighted by Gasteiger charge is -2.52. The van der Waals surface area contributed by atoms with E-state index in [1.165, 1.54) is 5.56 Å². The number of primary amides is 1. The maximum Gasteiger partial charge on any atom is 0.248 e. The predicted octanol–water partition coefficient (Wildman–Crippen LogP) is 3.77. The Hall–Kier alpha value is -3.09. The second kappa shape index (κ2) is 8.85. The van der Waals surface area contributed by atoms with Crippen LogP contribution in [0.2, 0.25) is 0 Å². The highest BCUT2D eigenvalue weighted by atomic mass is 16.5. The van der Waals surface area contributed by atoms with E-state index in [1.807, 2.05) is 38.1 Å².